The van der Waals surface area contributed by atoms with Crippen molar-refractivity contribution in [2.24, 2.45) is 0 Å². The second-order valence-electron chi connectivity index (χ2n) is 5.03. The molecule has 1 heterocycles. The topological polar surface area (TPSA) is 28.2 Å². The van der Waals surface area contributed by atoms with E-state index in [9.17, 15) is 0 Å². The van der Waals surface area contributed by atoms with Crippen LogP contribution in [0.1, 0.15) is 18.2 Å². The molecular weight excluding hydrogens is 234 g/mol. The second-order valence-corrected chi connectivity index (χ2v) is 5.03. The monoisotopic (exact) mass is 257 g/mol. The number of nitrogens with one attached hydrogen (secondary N) is 1. The van der Waals surface area contributed by atoms with E-state index < -0.39 is 0 Å². The lowest BCUT2D eigenvalue weighted by atomic mass is 10.1. The van der Waals surface area contributed by atoms with Crippen molar-refractivity contribution in [1.29, 1.82) is 0 Å². The highest BCUT2D eigenvalue weighted by Gasteiger charge is 2.06. The van der Waals surface area contributed by atoms with Gasteiger partial charge < -0.3 is 10.2 Å². The van der Waals surface area contributed by atoms with Gasteiger partial charge in [-0.2, -0.15) is 0 Å². The molecule has 0 aliphatic heterocycles. The number of benzene rings is 1. The molecule has 0 radical (unpaired) electrons. The number of pyridine rings is 1. The van der Waals surface area contributed by atoms with Gasteiger partial charge >= 0.3 is 0 Å². The van der Waals surface area contributed by atoms with Crippen LogP contribution in [-0.2, 0) is 6.54 Å². The third-order valence-corrected chi connectivity index (χ3v) is 3.29. The summed E-state index contributed by atoms with van der Waals surface area (Å²) in [6, 6.07) is 10.6. The number of nitrogens with zero attached hydrogens (tertiary/aromatic N) is 2. The molecule has 19 heavy (non-hydrogen) atoms. The highest BCUT2D eigenvalue weighted by Crippen LogP contribution is 2.19. The summed E-state index contributed by atoms with van der Waals surface area (Å²) in [5.74, 6) is 0. The minimum atomic E-state index is 0.968. The molecule has 102 valence electrons. The van der Waals surface area contributed by atoms with Crippen molar-refractivity contribution in [3.8, 4) is 0 Å². The third-order valence-electron chi connectivity index (χ3n) is 3.29. The van der Waals surface area contributed by atoms with E-state index in [-0.39, 0.29) is 0 Å². The minimum Gasteiger partial charge on any atom is -0.316 e. The summed E-state index contributed by atoms with van der Waals surface area (Å²) in [7, 11) is 2.17. The first-order valence-corrected chi connectivity index (χ1v) is 6.95. The molecule has 2 rings (SSSR count). The molecule has 2 aromatic rings. The average molecular weight is 257 g/mol. The Balaban J connectivity index is 2.15. The first-order chi connectivity index (χ1) is 9.20. The lowest BCUT2D eigenvalue weighted by molar-refractivity contribution is 0.326. The van der Waals surface area contributed by atoms with Crippen molar-refractivity contribution in [1.82, 2.24) is 15.2 Å². The van der Waals surface area contributed by atoms with Crippen LogP contribution in [0.15, 0.2) is 30.3 Å². The Morgan fingerprint density at radius 1 is 1.26 bits per heavy atom. The number of fused-ring (bicyclic) bond motifs is 1. The number of hydrogen-bond acceptors (Lipinski definition) is 3. The molecule has 0 aliphatic carbocycles. The fourth-order valence-corrected chi connectivity index (χ4v) is 2.34. The van der Waals surface area contributed by atoms with Gasteiger partial charge in [0.05, 0.1) is 5.52 Å². The molecule has 0 saturated carbocycles. The normalized spacial score (nSPS) is 11.4. The molecule has 0 atom stereocenters. The maximum Gasteiger partial charge on any atom is 0.0708 e. The molecule has 0 saturated heterocycles. The highest BCUT2D eigenvalue weighted by molar-refractivity contribution is 5.82. The first kappa shape index (κ1) is 14.0. The summed E-state index contributed by atoms with van der Waals surface area (Å²) in [5, 5.41) is 4.63. The quantitative estimate of drug-likeness (QED) is 0.806. The SMILES string of the molecule is CCNCCN(C)Cc1cc(C)nc2ccccc12. The molecule has 0 fully saturated rings. The highest BCUT2D eigenvalue weighted by atomic mass is 15.1. The van der Waals surface area contributed by atoms with Gasteiger partial charge in [-0.15, -0.1) is 0 Å². The van der Waals surface area contributed by atoms with Crippen molar-refractivity contribution >= 4 is 10.9 Å². The molecular formula is C16H23N3. The molecule has 1 aromatic heterocycles. The number of aryl methyl sites for hydroxylation is 1. The summed E-state index contributed by atoms with van der Waals surface area (Å²) in [4.78, 5) is 6.94. The number of aromatic nitrogens is 1. The van der Waals surface area contributed by atoms with Crippen LogP contribution in [0.3, 0.4) is 0 Å². The Morgan fingerprint density at radius 2 is 2.05 bits per heavy atom. The average Bonchev–Trinajstić information content (AvgIpc) is 2.39. The molecule has 1 N–H and O–H groups in total. The zero-order valence-corrected chi connectivity index (χ0v) is 12.1. The van der Waals surface area contributed by atoms with Crippen molar-refractivity contribution in [2.45, 2.75) is 20.4 Å². The van der Waals surface area contributed by atoms with Gasteiger partial charge in [-0.25, -0.2) is 0 Å². The third kappa shape index (κ3) is 3.75. The Bertz CT molecular complexity index is 537. The number of para-hydroxylation sites is 1. The molecule has 0 spiro atoms. The zero-order chi connectivity index (χ0) is 13.7. The van der Waals surface area contributed by atoms with Crippen LogP contribution in [-0.4, -0.2) is 36.6 Å². The van der Waals surface area contributed by atoms with Crippen LogP contribution in [0.5, 0.6) is 0 Å². The van der Waals surface area contributed by atoms with Crippen molar-refractivity contribution in [3.63, 3.8) is 0 Å². The minimum absolute atomic E-state index is 0.968. The van der Waals surface area contributed by atoms with Crippen LogP contribution in [0.4, 0.5) is 0 Å². The van der Waals surface area contributed by atoms with Gasteiger partial charge in [0.2, 0.25) is 0 Å². The summed E-state index contributed by atoms with van der Waals surface area (Å²) >= 11 is 0. The number of rotatable bonds is 6. The van der Waals surface area contributed by atoms with Crippen molar-refractivity contribution in [2.75, 3.05) is 26.7 Å². The van der Waals surface area contributed by atoms with E-state index in [2.05, 4.69) is 60.4 Å². The lowest BCUT2D eigenvalue weighted by Gasteiger charge is -2.18. The second kappa shape index (κ2) is 6.64. The van der Waals surface area contributed by atoms with Gasteiger partial charge in [0, 0.05) is 30.7 Å². The van der Waals surface area contributed by atoms with Crippen LogP contribution < -0.4 is 5.32 Å². The fourth-order valence-electron chi connectivity index (χ4n) is 2.34. The van der Waals surface area contributed by atoms with Crippen molar-refractivity contribution < 1.29 is 0 Å². The summed E-state index contributed by atoms with van der Waals surface area (Å²) in [6.07, 6.45) is 0. The molecule has 1 aromatic carbocycles. The summed E-state index contributed by atoms with van der Waals surface area (Å²) in [6.45, 7) is 8.30. The van der Waals surface area contributed by atoms with Gasteiger partial charge in [0.1, 0.15) is 0 Å². The summed E-state index contributed by atoms with van der Waals surface area (Å²) in [5.41, 5.74) is 3.55. The van der Waals surface area contributed by atoms with E-state index in [0.29, 0.717) is 0 Å². The Morgan fingerprint density at radius 3 is 2.84 bits per heavy atom. The van der Waals surface area contributed by atoms with E-state index in [1.165, 1.54) is 10.9 Å². The van der Waals surface area contributed by atoms with Gasteiger partial charge in [0.25, 0.3) is 0 Å². The smallest absolute Gasteiger partial charge is 0.0708 e. The maximum absolute atomic E-state index is 4.59. The Labute approximate surface area is 115 Å². The largest absolute Gasteiger partial charge is 0.316 e. The lowest BCUT2D eigenvalue weighted by Crippen LogP contribution is -2.28. The molecule has 3 heteroatoms. The Hall–Kier alpha value is -1.45. The molecule has 0 aliphatic rings. The van der Waals surface area contributed by atoms with Crippen LogP contribution in [0.25, 0.3) is 10.9 Å². The van der Waals surface area contributed by atoms with Gasteiger partial charge in [-0.05, 0) is 38.2 Å². The molecule has 0 amide bonds. The van der Waals surface area contributed by atoms with E-state index >= 15 is 0 Å². The number of likely N-dealkylation sites (N-methyl/N-ethyl adjacent to an activating group) is 2. The van der Waals surface area contributed by atoms with Crippen LogP contribution in [0, 0.1) is 6.92 Å². The van der Waals surface area contributed by atoms with E-state index in [1.54, 1.807) is 0 Å². The van der Waals surface area contributed by atoms with Gasteiger partial charge in [0.15, 0.2) is 0 Å². The van der Waals surface area contributed by atoms with E-state index in [1.807, 2.05) is 6.07 Å². The van der Waals surface area contributed by atoms with E-state index in [0.717, 1.165) is 37.4 Å². The van der Waals surface area contributed by atoms with Crippen LogP contribution >= 0.6 is 0 Å². The molecule has 0 bridgehead atoms. The zero-order valence-electron chi connectivity index (χ0n) is 12.1. The van der Waals surface area contributed by atoms with Gasteiger partial charge in [-0.1, -0.05) is 25.1 Å². The predicted octanol–water partition coefficient (Wildman–Crippen LogP) is 2.58. The number of hydrogen-bond donors (Lipinski definition) is 1. The molecule has 0 unspecified atom stereocenters. The molecule has 3 nitrogen and oxygen atoms in total. The van der Waals surface area contributed by atoms with Gasteiger partial charge in [-0.3, -0.25) is 4.98 Å². The fraction of sp³-hybridized carbons (Fsp3) is 0.438. The Kier molecular flexibility index (Phi) is 4.88. The predicted molar refractivity (Wildman–Crippen MR) is 81.4 cm³/mol. The standard InChI is InChI=1S/C16H23N3/c1-4-17-9-10-19(3)12-14-11-13(2)18-16-8-6-5-7-15(14)16/h5-8,11,17H,4,9-10,12H2,1-3H3. The first-order valence-electron chi connectivity index (χ1n) is 6.95. The maximum atomic E-state index is 4.59. The summed E-state index contributed by atoms with van der Waals surface area (Å²) < 4.78 is 0. The van der Waals surface area contributed by atoms with Crippen molar-refractivity contribution in [3.05, 3.63) is 41.6 Å². The van der Waals surface area contributed by atoms with Crippen LogP contribution in [0.2, 0.25) is 0 Å². The van der Waals surface area contributed by atoms with E-state index in [4.69, 9.17) is 0 Å².